The van der Waals surface area contributed by atoms with Crippen molar-refractivity contribution >= 4 is 35.8 Å². The predicted octanol–water partition coefficient (Wildman–Crippen LogP) is -0.240. The quantitative estimate of drug-likeness (QED) is 0.479. The molecular weight excluding hydrogens is 424 g/mol. The Balaban J connectivity index is 1.92. The molecule has 0 aromatic rings. The fraction of sp³-hybridized carbons (Fsp3) is 0.700. The molecule has 2 saturated heterocycles. The second-order valence-corrected chi connectivity index (χ2v) is 8.39. The zero-order valence-electron chi connectivity index (χ0n) is 18.6. The number of nitrogens with one attached hydrogen (secondary N) is 2. The van der Waals surface area contributed by atoms with Crippen LogP contribution in [0.5, 0.6) is 0 Å². The van der Waals surface area contributed by atoms with E-state index in [4.69, 9.17) is 9.47 Å². The Morgan fingerprint density at radius 3 is 1.44 bits per heavy atom. The van der Waals surface area contributed by atoms with Crippen molar-refractivity contribution in [2.24, 2.45) is 10.8 Å². The molecule has 0 aromatic heterocycles. The van der Waals surface area contributed by atoms with Gasteiger partial charge < -0.3 is 19.3 Å². The fourth-order valence-corrected chi connectivity index (χ4v) is 5.43. The largest absolute Gasteiger partial charge is 0.466 e. The van der Waals surface area contributed by atoms with E-state index in [2.05, 4.69) is 10.6 Å². The van der Waals surface area contributed by atoms with Gasteiger partial charge in [-0.3, -0.25) is 29.8 Å². The van der Waals surface area contributed by atoms with E-state index in [1.807, 2.05) is 0 Å². The van der Waals surface area contributed by atoms with Crippen molar-refractivity contribution in [3.8, 4) is 0 Å². The van der Waals surface area contributed by atoms with Gasteiger partial charge in [0.1, 0.15) is 0 Å². The Hall–Kier alpha value is -3.18. The molecule has 2 heterocycles. The van der Waals surface area contributed by atoms with Crippen molar-refractivity contribution in [3.05, 3.63) is 0 Å². The lowest BCUT2D eigenvalue weighted by molar-refractivity contribution is -0.209. The molecule has 1 saturated carbocycles. The van der Waals surface area contributed by atoms with Gasteiger partial charge in [0.25, 0.3) is 0 Å². The molecule has 32 heavy (non-hydrogen) atoms. The van der Waals surface area contributed by atoms with E-state index in [0.717, 1.165) is 0 Å². The van der Waals surface area contributed by atoms with Gasteiger partial charge in [0.05, 0.1) is 49.0 Å². The normalized spacial score (nSPS) is 31.1. The zero-order valence-corrected chi connectivity index (χ0v) is 18.6. The summed E-state index contributed by atoms with van der Waals surface area (Å²) >= 11 is 0. The molecule has 0 bridgehead atoms. The number of urea groups is 2. The summed E-state index contributed by atoms with van der Waals surface area (Å²) in [6.45, 7) is 6.71. The number of imide groups is 2. The van der Waals surface area contributed by atoms with Crippen molar-refractivity contribution in [1.82, 2.24) is 20.4 Å². The molecule has 3 rings (SSSR count). The Kier molecular flexibility index (Phi) is 6.16. The fourth-order valence-electron chi connectivity index (χ4n) is 5.43. The molecule has 2 N–H and O–H groups in total. The second-order valence-electron chi connectivity index (χ2n) is 8.39. The SMILES string of the molecule is CCOC(=O)CCN1C(=O)NC(=O)C2(C)C1C1(C)C(=O)NC(=O)N(CCC(=O)OCC)C21. The molecule has 176 valence electrons. The number of rotatable bonds is 8. The monoisotopic (exact) mass is 452 g/mol. The number of hydrogen-bond acceptors (Lipinski definition) is 8. The Bertz CT molecular complexity index is 794. The number of ether oxygens (including phenoxy) is 2. The van der Waals surface area contributed by atoms with Gasteiger partial charge in [-0.05, 0) is 27.7 Å². The van der Waals surface area contributed by atoms with Crippen molar-refractivity contribution in [3.63, 3.8) is 0 Å². The van der Waals surface area contributed by atoms with Crippen LogP contribution in [0.15, 0.2) is 0 Å². The number of esters is 2. The summed E-state index contributed by atoms with van der Waals surface area (Å²) in [5, 5.41) is 4.55. The molecular formula is C20H28N4O8. The van der Waals surface area contributed by atoms with E-state index in [-0.39, 0.29) is 39.1 Å². The van der Waals surface area contributed by atoms with Gasteiger partial charge in [0, 0.05) is 13.1 Å². The highest BCUT2D eigenvalue weighted by Crippen LogP contribution is 2.61. The highest BCUT2D eigenvalue weighted by molar-refractivity contribution is 6.09. The molecule has 12 nitrogen and oxygen atoms in total. The van der Waals surface area contributed by atoms with Crippen molar-refractivity contribution in [1.29, 1.82) is 0 Å². The van der Waals surface area contributed by atoms with E-state index in [1.165, 1.54) is 9.80 Å². The van der Waals surface area contributed by atoms with Crippen molar-refractivity contribution in [2.45, 2.75) is 52.6 Å². The molecule has 0 atom stereocenters. The average Bonchev–Trinajstić information content (AvgIpc) is 2.71. The van der Waals surface area contributed by atoms with Gasteiger partial charge in [0.2, 0.25) is 11.8 Å². The topological polar surface area (TPSA) is 151 Å². The third kappa shape index (κ3) is 3.37. The summed E-state index contributed by atoms with van der Waals surface area (Å²) in [5.41, 5.74) is -2.64. The number of amides is 6. The van der Waals surface area contributed by atoms with Gasteiger partial charge >= 0.3 is 24.0 Å². The smallest absolute Gasteiger partial charge is 0.324 e. The van der Waals surface area contributed by atoms with E-state index in [9.17, 15) is 28.8 Å². The van der Waals surface area contributed by atoms with Crippen LogP contribution in [0.3, 0.4) is 0 Å². The molecule has 3 aliphatic rings. The van der Waals surface area contributed by atoms with Crippen LogP contribution in [0.25, 0.3) is 0 Å². The van der Waals surface area contributed by atoms with E-state index >= 15 is 0 Å². The van der Waals surface area contributed by atoms with Gasteiger partial charge in [-0.15, -0.1) is 0 Å². The Morgan fingerprint density at radius 1 is 0.781 bits per heavy atom. The summed E-state index contributed by atoms with van der Waals surface area (Å²) < 4.78 is 9.83. The Labute approximate surface area is 184 Å². The highest BCUT2D eigenvalue weighted by Gasteiger charge is 2.80. The maximum absolute atomic E-state index is 13.0. The van der Waals surface area contributed by atoms with Crippen LogP contribution in [-0.2, 0) is 28.7 Å². The minimum absolute atomic E-state index is 0.0649. The lowest BCUT2D eigenvalue weighted by atomic mass is 9.43. The first-order valence-electron chi connectivity index (χ1n) is 10.6. The third-order valence-electron chi connectivity index (χ3n) is 6.56. The van der Waals surface area contributed by atoms with Crippen LogP contribution in [-0.4, -0.2) is 84.0 Å². The summed E-state index contributed by atoms with van der Waals surface area (Å²) in [5.74, 6) is -2.27. The number of carbonyl (C=O) groups is 6. The number of hydrogen-bond donors (Lipinski definition) is 2. The summed E-state index contributed by atoms with van der Waals surface area (Å²) in [7, 11) is 0. The molecule has 2 aliphatic heterocycles. The predicted molar refractivity (Wildman–Crippen MR) is 107 cm³/mol. The second kappa shape index (κ2) is 8.40. The zero-order chi connectivity index (χ0) is 23.8. The highest BCUT2D eigenvalue weighted by atomic mass is 16.5. The first-order valence-corrected chi connectivity index (χ1v) is 10.6. The van der Waals surface area contributed by atoms with E-state index in [1.54, 1.807) is 27.7 Å². The molecule has 12 heteroatoms. The molecule has 0 spiro atoms. The van der Waals surface area contributed by atoms with E-state index in [0.29, 0.717) is 0 Å². The standard InChI is InChI=1S/C20H28N4O8/c1-5-31-11(25)7-9-23-13-19(3,15(27)21-17(23)29)14-20(13,4)16(28)22-18(30)24(14)10-8-12(26)32-6-2/h13-14H,5-10H2,1-4H3,(H,21,27,29)(H,22,28,30). The summed E-state index contributed by atoms with van der Waals surface area (Å²) in [6.07, 6.45) is -0.230. The molecule has 0 radical (unpaired) electrons. The first kappa shape index (κ1) is 23.5. The van der Waals surface area contributed by atoms with Crippen molar-refractivity contribution < 1.29 is 38.2 Å². The third-order valence-corrected chi connectivity index (χ3v) is 6.56. The average molecular weight is 452 g/mol. The van der Waals surface area contributed by atoms with Gasteiger partial charge in [-0.1, -0.05) is 0 Å². The van der Waals surface area contributed by atoms with Crippen LogP contribution in [0.4, 0.5) is 9.59 Å². The van der Waals surface area contributed by atoms with E-state index < -0.39 is 58.7 Å². The minimum atomic E-state index is -1.32. The molecule has 0 aromatic carbocycles. The number of nitrogens with zero attached hydrogens (tertiary/aromatic N) is 2. The lowest BCUT2D eigenvalue weighted by Gasteiger charge is -2.71. The summed E-state index contributed by atoms with van der Waals surface area (Å²) in [4.78, 5) is 77.4. The maximum atomic E-state index is 13.0. The van der Waals surface area contributed by atoms with Crippen molar-refractivity contribution in [2.75, 3.05) is 26.3 Å². The molecule has 0 unspecified atom stereocenters. The number of fused-ring (bicyclic) bond motifs is 4. The van der Waals surface area contributed by atoms with Gasteiger partial charge in [-0.25, -0.2) is 9.59 Å². The van der Waals surface area contributed by atoms with Gasteiger partial charge in [-0.2, -0.15) is 0 Å². The van der Waals surface area contributed by atoms with Crippen LogP contribution < -0.4 is 10.6 Å². The van der Waals surface area contributed by atoms with Crippen LogP contribution in [0.1, 0.15) is 40.5 Å². The number of carbonyl (C=O) groups excluding carboxylic acids is 6. The molecule has 1 aliphatic carbocycles. The molecule has 6 amide bonds. The summed E-state index contributed by atoms with van der Waals surface area (Å²) in [6, 6.07) is -3.23. The van der Waals surface area contributed by atoms with Crippen LogP contribution in [0, 0.1) is 10.8 Å². The molecule has 3 fully saturated rings. The van der Waals surface area contributed by atoms with Crippen LogP contribution >= 0.6 is 0 Å². The first-order chi connectivity index (χ1) is 15.0. The Morgan fingerprint density at radius 2 is 1.12 bits per heavy atom. The van der Waals surface area contributed by atoms with Gasteiger partial charge in [0.15, 0.2) is 0 Å². The van der Waals surface area contributed by atoms with Crippen LogP contribution in [0.2, 0.25) is 0 Å². The maximum Gasteiger partial charge on any atom is 0.324 e. The lowest BCUT2D eigenvalue weighted by Crippen LogP contribution is -2.91. The minimum Gasteiger partial charge on any atom is -0.466 e.